The molecule has 1 aliphatic heterocycles. The molecule has 1 fully saturated rings. The minimum absolute atomic E-state index is 0.416. The molecule has 5 heteroatoms. The van der Waals surface area contributed by atoms with Crippen LogP contribution in [0.2, 0.25) is 5.02 Å². The average molecular weight is 356 g/mol. The van der Waals surface area contributed by atoms with E-state index in [1.165, 1.54) is 24.1 Å². The zero-order valence-corrected chi connectivity index (χ0v) is 15.3. The number of fused-ring (bicyclic) bond motifs is 1. The first-order valence-electron chi connectivity index (χ1n) is 8.67. The molecule has 1 atom stereocenters. The lowest BCUT2D eigenvalue weighted by Crippen LogP contribution is -2.24. The van der Waals surface area contributed by atoms with Gasteiger partial charge in [0.2, 0.25) is 0 Å². The summed E-state index contributed by atoms with van der Waals surface area (Å²) in [5.74, 6) is 0.919. The number of hydrogen-bond acceptors (Lipinski definition) is 3. The van der Waals surface area contributed by atoms with E-state index < -0.39 is 0 Å². The van der Waals surface area contributed by atoms with Gasteiger partial charge in [0.25, 0.3) is 0 Å². The maximum atomic E-state index is 6.20. The standard InChI is InChI=1S/C20H22ClN3O/c1-14-19(24-12-16(21)8-9-20(24)22-14)13-23-10-4-7-18(23)15-5-3-6-17(11-15)25-2/h3,5-6,8-9,11-12,18H,4,7,10,13H2,1-2H3/t18-/m0/s1. The van der Waals surface area contributed by atoms with Crippen molar-refractivity contribution in [3.05, 3.63) is 64.6 Å². The van der Waals surface area contributed by atoms with Crippen molar-refractivity contribution in [3.63, 3.8) is 0 Å². The third kappa shape index (κ3) is 3.12. The van der Waals surface area contributed by atoms with E-state index in [9.17, 15) is 0 Å². The number of aryl methyl sites for hydroxylation is 1. The predicted octanol–water partition coefficient (Wildman–Crippen LogP) is 4.64. The van der Waals surface area contributed by atoms with Crippen LogP contribution < -0.4 is 4.74 Å². The number of rotatable bonds is 4. The SMILES string of the molecule is COc1cccc([C@@H]2CCCN2Cc2c(C)nc3ccc(Cl)cn23)c1. The molecule has 0 saturated carbocycles. The number of nitrogens with zero attached hydrogens (tertiary/aromatic N) is 3. The lowest BCUT2D eigenvalue weighted by Gasteiger charge is -2.25. The first kappa shape index (κ1) is 16.4. The Hall–Kier alpha value is -2.04. The quantitative estimate of drug-likeness (QED) is 0.682. The van der Waals surface area contributed by atoms with Crippen molar-refractivity contribution < 1.29 is 4.74 Å². The van der Waals surface area contributed by atoms with Gasteiger partial charge in [0.1, 0.15) is 11.4 Å². The summed E-state index contributed by atoms with van der Waals surface area (Å²) >= 11 is 6.20. The second kappa shape index (κ2) is 6.70. The van der Waals surface area contributed by atoms with Gasteiger partial charge in [0, 0.05) is 18.8 Å². The first-order chi connectivity index (χ1) is 12.2. The van der Waals surface area contributed by atoms with Gasteiger partial charge in [-0.15, -0.1) is 0 Å². The lowest BCUT2D eigenvalue weighted by atomic mass is 10.0. The Labute approximate surface area is 153 Å². The number of hydrogen-bond donors (Lipinski definition) is 0. The second-order valence-corrected chi connectivity index (χ2v) is 7.06. The molecule has 4 rings (SSSR count). The molecule has 0 aliphatic carbocycles. The highest BCUT2D eigenvalue weighted by Gasteiger charge is 2.27. The van der Waals surface area contributed by atoms with Crippen LogP contribution >= 0.6 is 11.6 Å². The minimum Gasteiger partial charge on any atom is -0.497 e. The van der Waals surface area contributed by atoms with Gasteiger partial charge in [-0.25, -0.2) is 4.98 Å². The number of imidazole rings is 1. The summed E-state index contributed by atoms with van der Waals surface area (Å²) < 4.78 is 7.52. The molecule has 1 aliphatic rings. The third-order valence-electron chi connectivity index (χ3n) is 5.08. The van der Waals surface area contributed by atoms with Crippen molar-refractivity contribution in [1.29, 1.82) is 0 Å². The van der Waals surface area contributed by atoms with Crippen molar-refractivity contribution >= 4 is 17.2 Å². The van der Waals surface area contributed by atoms with E-state index in [4.69, 9.17) is 16.3 Å². The third-order valence-corrected chi connectivity index (χ3v) is 5.30. The zero-order valence-electron chi connectivity index (χ0n) is 14.6. The van der Waals surface area contributed by atoms with Crippen LogP contribution in [0.5, 0.6) is 5.75 Å². The van der Waals surface area contributed by atoms with E-state index in [0.29, 0.717) is 6.04 Å². The van der Waals surface area contributed by atoms with Crippen molar-refractivity contribution in [1.82, 2.24) is 14.3 Å². The van der Waals surface area contributed by atoms with Gasteiger partial charge in [0.05, 0.1) is 23.5 Å². The maximum Gasteiger partial charge on any atom is 0.137 e. The van der Waals surface area contributed by atoms with Gasteiger partial charge >= 0.3 is 0 Å². The van der Waals surface area contributed by atoms with E-state index in [-0.39, 0.29) is 0 Å². The highest BCUT2D eigenvalue weighted by Crippen LogP contribution is 2.35. The molecule has 2 aromatic heterocycles. The molecule has 1 aromatic carbocycles. The molecule has 0 radical (unpaired) electrons. The Morgan fingerprint density at radius 2 is 2.16 bits per heavy atom. The molecule has 0 spiro atoms. The number of methoxy groups -OCH3 is 1. The highest BCUT2D eigenvalue weighted by molar-refractivity contribution is 6.30. The zero-order chi connectivity index (χ0) is 17.4. The second-order valence-electron chi connectivity index (χ2n) is 6.62. The molecular formula is C20H22ClN3O. The summed E-state index contributed by atoms with van der Waals surface area (Å²) in [7, 11) is 1.72. The summed E-state index contributed by atoms with van der Waals surface area (Å²) in [6, 6.07) is 12.7. The lowest BCUT2D eigenvalue weighted by molar-refractivity contribution is 0.244. The summed E-state index contributed by atoms with van der Waals surface area (Å²) in [4.78, 5) is 7.21. The Morgan fingerprint density at radius 1 is 1.28 bits per heavy atom. The van der Waals surface area contributed by atoms with Crippen LogP contribution in [-0.4, -0.2) is 27.9 Å². The van der Waals surface area contributed by atoms with Crippen molar-refractivity contribution in [2.24, 2.45) is 0 Å². The number of pyridine rings is 1. The van der Waals surface area contributed by atoms with Gasteiger partial charge in [0.15, 0.2) is 0 Å². The molecule has 4 nitrogen and oxygen atoms in total. The Bertz CT molecular complexity index is 905. The fourth-order valence-corrected chi connectivity index (χ4v) is 3.97. The molecule has 3 heterocycles. The van der Waals surface area contributed by atoms with Gasteiger partial charge in [-0.05, 0) is 56.1 Å². The van der Waals surface area contributed by atoms with Gasteiger partial charge in [-0.3, -0.25) is 4.90 Å². The summed E-state index contributed by atoms with van der Waals surface area (Å²) in [6.07, 6.45) is 4.34. The average Bonchev–Trinajstić information content (AvgIpc) is 3.20. The van der Waals surface area contributed by atoms with Crippen LogP contribution in [0.4, 0.5) is 0 Å². The smallest absolute Gasteiger partial charge is 0.137 e. The fraction of sp³-hybridized carbons (Fsp3) is 0.350. The molecule has 130 valence electrons. The molecule has 1 saturated heterocycles. The summed E-state index contributed by atoms with van der Waals surface area (Å²) in [5, 5.41) is 0.733. The Kier molecular flexibility index (Phi) is 4.40. The number of aromatic nitrogens is 2. The Morgan fingerprint density at radius 3 is 3.00 bits per heavy atom. The normalized spacial score (nSPS) is 18.1. The van der Waals surface area contributed by atoms with Crippen molar-refractivity contribution in [3.8, 4) is 5.75 Å². The maximum absolute atomic E-state index is 6.20. The number of likely N-dealkylation sites (tertiary alicyclic amines) is 1. The first-order valence-corrected chi connectivity index (χ1v) is 9.04. The minimum atomic E-state index is 0.416. The predicted molar refractivity (Wildman–Crippen MR) is 100 cm³/mol. The Balaban J connectivity index is 1.65. The van der Waals surface area contributed by atoms with Gasteiger partial charge in [-0.2, -0.15) is 0 Å². The molecule has 0 bridgehead atoms. The van der Waals surface area contributed by atoms with Crippen LogP contribution in [0.1, 0.15) is 35.8 Å². The molecule has 0 unspecified atom stereocenters. The van der Waals surface area contributed by atoms with Crippen LogP contribution in [0.15, 0.2) is 42.6 Å². The van der Waals surface area contributed by atoms with Crippen molar-refractivity contribution in [2.45, 2.75) is 32.4 Å². The van der Waals surface area contributed by atoms with E-state index in [1.54, 1.807) is 7.11 Å². The molecule has 25 heavy (non-hydrogen) atoms. The summed E-state index contributed by atoms with van der Waals surface area (Å²) in [5.41, 5.74) is 4.56. The van der Waals surface area contributed by atoms with Crippen LogP contribution in [0.25, 0.3) is 5.65 Å². The van der Waals surface area contributed by atoms with Crippen LogP contribution in [-0.2, 0) is 6.54 Å². The molecule has 3 aromatic rings. The monoisotopic (exact) mass is 355 g/mol. The van der Waals surface area contributed by atoms with E-state index in [1.807, 2.05) is 24.4 Å². The van der Waals surface area contributed by atoms with Gasteiger partial charge in [-0.1, -0.05) is 23.7 Å². The van der Waals surface area contributed by atoms with Gasteiger partial charge < -0.3 is 9.14 Å². The van der Waals surface area contributed by atoms with E-state index in [0.717, 1.165) is 35.2 Å². The van der Waals surface area contributed by atoms with Crippen LogP contribution in [0, 0.1) is 6.92 Å². The van der Waals surface area contributed by atoms with Crippen molar-refractivity contribution in [2.75, 3.05) is 13.7 Å². The molecular weight excluding hydrogens is 334 g/mol. The molecule has 0 N–H and O–H groups in total. The number of halogens is 1. The highest BCUT2D eigenvalue weighted by atomic mass is 35.5. The topological polar surface area (TPSA) is 29.8 Å². The van der Waals surface area contributed by atoms with Crippen LogP contribution in [0.3, 0.4) is 0 Å². The number of benzene rings is 1. The van der Waals surface area contributed by atoms with E-state index >= 15 is 0 Å². The fourth-order valence-electron chi connectivity index (χ4n) is 3.81. The summed E-state index contributed by atoms with van der Waals surface area (Å²) in [6.45, 7) is 4.04. The number of ether oxygens (including phenoxy) is 1. The van der Waals surface area contributed by atoms with E-state index in [2.05, 4.69) is 39.4 Å². The molecule has 0 amide bonds. The largest absolute Gasteiger partial charge is 0.497 e.